The zero-order valence-electron chi connectivity index (χ0n) is 10.4. The molecule has 1 N–H and O–H groups in total. The average molecular weight is 321 g/mol. The van der Waals surface area contributed by atoms with Gasteiger partial charge in [0.2, 0.25) is 0 Å². The molecule has 0 fully saturated rings. The van der Waals surface area contributed by atoms with Gasteiger partial charge in [-0.3, -0.25) is 4.79 Å². The first-order valence-electron chi connectivity index (χ1n) is 5.87. The second kappa shape index (κ2) is 6.33. The summed E-state index contributed by atoms with van der Waals surface area (Å²) < 4.78 is 5.99. The monoisotopic (exact) mass is 320 g/mol. The Hall–Kier alpha value is -1.88. The van der Waals surface area contributed by atoms with Gasteiger partial charge in [-0.15, -0.1) is 0 Å². The van der Waals surface area contributed by atoms with Crippen LogP contribution in [0, 0.1) is 0 Å². The molecule has 2 rings (SSSR count). The lowest BCUT2D eigenvalue weighted by Crippen LogP contribution is -2.20. The first-order valence-corrected chi connectivity index (χ1v) is 6.67. The first kappa shape index (κ1) is 13.5. The van der Waals surface area contributed by atoms with Gasteiger partial charge in [0.05, 0.1) is 11.8 Å². The summed E-state index contributed by atoms with van der Waals surface area (Å²) in [6.07, 6.45) is 2.25. The fourth-order valence-electron chi connectivity index (χ4n) is 1.57. The Kier molecular flexibility index (Phi) is 4.52. The lowest BCUT2D eigenvalue weighted by Gasteiger charge is -2.04. The lowest BCUT2D eigenvalue weighted by atomic mass is 10.2. The van der Waals surface area contributed by atoms with E-state index in [2.05, 4.69) is 26.5 Å². The van der Waals surface area contributed by atoms with Crippen LogP contribution in [0.3, 0.4) is 0 Å². The predicted octanol–water partition coefficient (Wildman–Crippen LogP) is 3.59. The van der Waals surface area contributed by atoms with Crippen molar-refractivity contribution in [3.05, 3.63) is 58.5 Å². The SMILES string of the molecule is CC/C(=N/NC(=O)c1ccccc1Br)c1ccco1. The number of carbonyl (C=O) groups is 1. The Morgan fingerprint density at radius 2 is 2.11 bits per heavy atom. The Balaban J connectivity index is 2.13. The summed E-state index contributed by atoms with van der Waals surface area (Å²) in [5.41, 5.74) is 3.78. The lowest BCUT2D eigenvalue weighted by molar-refractivity contribution is 0.0954. The van der Waals surface area contributed by atoms with Crippen molar-refractivity contribution < 1.29 is 9.21 Å². The standard InChI is InChI=1S/C14H13BrN2O2/c1-2-12(13-8-5-9-19-13)16-17-14(18)10-6-3-4-7-11(10)15/h3-9H,2H2,1H3,(H,17,18)/b16-12-. The number of nitrogens with zero attached hydrogens (tertiary/aromatic N) is 1. The largest absolute Gasteiger partial charge is 0.463 e. The third-order valence-electron chi connectivity index (χ3n) is 2.55. The molecule has 0 saturated heterocycles. The predicted molar refractivity (Wildman–Crippen MR) is 77.1 cm³/mol. The highest BCUT2D eigenvalue weighted by Gasteiger charge is 2.09. The minimum atomic E-state index is -0.259. The van der Waals surface area contributed by atoms with Crippen LogP contribution in [-0.4, -0.2) is 11.6 Å². The number of benzene rings is 1. The Morgan fingerprint density at radius 1 is 1.32 bits per heavy atom. The van der Waals surface area contributed by atoms with Crippen LogP contribution >= 0.6 is 15.9 Å². The van der Waals surface area contributed by atoms with Crippen molar-refractivity contribution in [1.82, 2.24) is 5.43 Å². The van der Waals surface area contributed by atoms with Gasteiger partial charge in [0.25, 0.3) is 5.91 Å². The summed E-state index contributed by atoms with van der Waals surface area (Å²) in [7, 11) is 0. The smallest absolute Gasteiger partial charge is 0.272 e. The fourth-order valence-corrected chi connectivity index (χ4v) is 2.04. The molecule has 19 heavy (non-hydrogen) atoms. The highest BCUT2D eigenvalue weighted by atomic mass is 79.9. The van der Waals surface area contributed by atoms with Crippen molar-refractivity contribution in [1.29, 1.82) is 0 Å². The number of nitrogens with one attached hydrogen (secondary N) is 1. The summed E-state index contributed by atoms with van der Waals surface area (Å²) in [6.45, 7) is 1.95. The van der Waals surface area contributed by atoms with Crippen molar-refractivity contribution >= 4 is 27.5 Å². The van der Waals surface area contributed by atoms with E-state index in [4.69, 9.17) is 4.42 Å². The van der Waals surface area contributed by atoms with E-state index >= 15 is 0 Å². The highest BCUT2D eigenvalue weighted by Crippen LogP contribution is 2.15. The van der Waals surface area contributed by atoms with Crippen molar-refractivity contribution in [2.45, 2.75) is 13.3 Å². The molecule has 98 valence electrons. The normalized spacial score (nSPS) is 11.4. The maximum Gasteiger partial charge on any atom is 0.272 e. The molecule has 0 atom stereocenters. The Morgan fingerprint density at radius 3 is 2.74 bits per heavy atom. The van der Waals surface area contributed by atoms with E-state index in [1.165, 1.54) is 0 Å². The van der Waals surface area contributed by atoms with Crippen molar-refractivity contribution in [2.24, 2.45) is 5.10 Å². The number of furan rings is 1. The number of hydrogen-bond donors (Lipinski definition) is 1. The molecule has 1 amide bonds. The quantitative estimate of drug-likeness (QED) is 0.691. The molecule has 0 aliphatic carbocycles. The average Bonchev–Trinajstić information content (AvgIpc) is 2.94. The third kappa shape index (κ3) is 3.32. The number of hydrazone groups is 1. The maximum absolute atomic E-state index is 12.0. The van der Waals surface area contributed by atoms with Crippen molar-refractivity contribution in [3.63, 3.8) is 0 Å². The number of carbonyl (C=O) groups excluding carboxylic acids is 1. The fraction of sp³-hybridized carbons (Fsp3) is 0.143. The number of rotatable bonds is 4. The van der Waals surface area contributed by atoms with Crippen molar-refractivity contribution in [3.8, 4) is 0 Å². The molecule has 0 unspecified atom stereocenters. The van der Waals surface area contributed by atoms with Gasteiger partial charge in [-0.05, 0) is 46.6 Å². The molecule has 0 bridgehead atoms. The van der Waals surface area contributed by atoms with Crippen LogP contribution in [0.1, 0.15) is 29.5 Å². The number of halogens is 1. The van der Waals surface area contributed by atoms with Gasteiger partial charge in [0.1, 0.15) is 11.5 Å². The molecule has 0 spiro atoms. The van der Waals surface area contributed by atoms with Gasteiger partial charge in [-0.1, -0.05) is 19.1 Å². The molecule has 0 radical (unpaired) electrons. The molecule has 1 aromatic carbocycles. The van der Waals surface area contributed by atoms with Gasteiger partial charge in [-0.25, -0.2) is 5.43 Å². The number of amides is 1. The van der Waals surface area contributed by atoms with Crippen LogP contribution in [0.25, 0.3) is 0 Å². The maximum atomic E-state index is 12.0. The molecule has 5 heteroatoms. The highest BCUT2D eigenvalue weighted by molar-refractivity contribution is 9.10. The molecular weight excluding hydrogens is 308 g/mol. The summed E-state index contributed by atoms with van der Waals surface area (Å²) in [4.78, 5) is 12.0. The van der Waals surface area contributed by atoms with Gasteiger partial charge >= 0.3 is 0 Å². The Labute approximate surface area is 119 Å². The third-order valence-corrected chi connectivity index (χ3v) is 3.24. The van der Waals surface area contributed by atoms with Crippen LogP contribution < -0.4 is 5.43 Å². The molecule has 0 aliphatic heterocycles. The molecule has 0 saturated carbocycles. The summed E-state index contributed by atoms with van der Waals surface area (Å²) >= 11 is 3.33. The van der Waals surface area contributed by atoms with Crippen molar-refractivity contribution in [2.75, 3.05) is 0 Å². The van der Waals surface area contributed by atoms with E-state index in [0.717, 1.165) is 4.47 Å². The van der Waals surface area contributed by atoms with Crippen LogP contribution in [0.2, 0.25) is 0 Å². The molecule has 0 aliphatic rings. The van der Waals surface area contributed by atoms with Crippen LogP contribution in [0.4, 0.5) is 0 Å². The van der Waals surface area contributed by atoms with Gasteiger partial charge in [-0.2, -0.15) is 5.10 Å². The van der Waals surface area contributed by atoms with E-state index < -0.39 is 0 Å². The molecule has 4 nitrogen and oxygen atoms in total. The second-order valence-corrected chi connectivity index (χ2v) is 4.66. The van der Waals surface area contributed by atoms with Crippen LogP contribution in [0.5, 0.6) is 0 Å². The topological polar surface area (TPSA) is 54.6 Å². The summed E-state index contributed by atoms with van der Waals surface area (Å²) in [5.74, 6) is 0.403. The molecule has 2 aromatic rings. The first-order chi connectivity index (χ1) is 9.22. The van der Waals surface area contributed by atoms with E-state index in [9.17, 15) is 4.79 Å². The van der Waals surface area contributed by atoms with E-state index in [1.54, 1.807) is 24.5 Å². The van der Waals surface area contributed by atoms with E-state index in [-0.39, 0.29) is 5.91 Å². The molecule has 1 aromatic heterocycles. The Bertz CT molecular complexity index is 591. The van der Waals surface area contributed by atoms with E-state index in [0.29, 0.717) is 23.5 Å². The summed E-state index contributed by atoms with van der Waals surface area (Å²) in [5, 5.41) is 4.10. The van der Waals surface area contributed by atoms with Crippen LogP contribution in [-0.2, 0) is 0 Å². The van der Waals surface area contributed by atoms with Gasteiger partial charge in [0, 0.05) is 4.47 Å². The zero-order chi connectivity index (χ0) is 13.7. The van der Waals surface area contributed by atoms with Gasteiger partial charge in [0.15, 0.2) is 0 Å². The zero-order valence-corrected chi connectivity index (χ0v) is 12.0. The minimum absolute atomic E-state index is 0.259. The van der Waals surface area contributed by atoms with Gasteiger partial charge < -0.3 is 4.42 Å². The number of hydrogen-bond acceptors (Lipinski definition) is 3. The molecule has 1 heterocycles. The minimum Gasteiger partial charge on any atom is -0.463 e. The summed E-state index contributed by atoms with van der Waals surface area (Å²) in [6, 6.07) is 10.8. The second-order valence-electron chi connectivity index (χ2n) is 3.81. The van der Waals surface area contributed by atoms with E-state index in [1.807, 2.05) is 25.1 Å². The molecular formula is C14H13BrN2O2. The van der Waals surface area contributed by atoms with Crippen LogP contribution in [0.15, 0.2) is 56.7 Å².